The zero-order valence-electron chi connectivity index (χ0n) is 17.6. The Labute approximate surface area is 193 Å². The summed E-state index contributed by atoms with van der Waals surface area (Å²) in [4.78, 5) is 26.8. The van der Waals surface area contributed by atoms with Crippen molar-refractivity contribution in [3.05, 3.63) is 90.0 Å². The summed E-state index contributed by atoms with van der Waals surface area (Å²) in [5.41, 5.74) is -0.533. The minimum atomic E-state index is -4.58. The maximum atomic E-state index is 13.4. The van der Waals surface area contributed by atoms with E-state index in [9.17, 15) is 31.2 Å². The molecule has 2 amide bonds. The van der Waals surface area contributed by atoms with E-state index in [2.05, 4.69) is 5.32 Å². The molecule has 0 aliphatic carbocycles. The van der Waals surface area contributed by atoms with Crippen LogP contribution in [0.3, 0.4) is 0 Å². The Kier molecular flexibility index (Phi) is 6.18. The van der Waals surface area contributed by atoms with Crippen molar-refractivity contribution >= 4 is 33.0 Å². The van der Waals surface area contributed by atoms with E-state index in [-0.39, 0.29) is 16.3 Å². The van der Waals surface area contributed by atoms with Gasteiger partial charge in [-0.3, -0.25) is 9.59 Å². The molecule has 3 aromatic carbocycles. The van der Waals surface area contributed by atoms with Crippen molar-refractivity contribution in [3.63, 3.8) is 0 Å². The Morgan fingerprint density at radius 1 is 0.971 bits per heavy atom. The molecule has 1 aliphatic heterocycles. The smallest absolute Gasteiger partial charge is 0.325 e. The van der Waals surface area contributed by atoms with Gasteiger partial charge in [0, 0.05) is 12.1 Å². The minimum absolute atomic E-state index is 0.0464. The Hall–Kier alpha value is -3.66. The summed E-state index contributed by atoms with van der Waals surface area (Å²) in [6.45, 7) is -0.566. The van der Waals surface area contributed by atoms with Gasteiger partial charge in [-0.05, 0) is 35.9 Å². The molecule has 0 saturated carbocycles. The van der Waals surface area contributed by atoms with E-state index < -0.39 is 51.6 Å². The summed E-state index contributed by atoms with van der Waals surface area (Å²) in [5.74, 6) is -1.36. The maximum absolute atomic E-state index is 13.4. The van der Waals surface area contributed by atoms with Crippen molar-refractivity contribution in [1.82, 2.24) is 0 Å². The highest BCUT2D eigenvalue weighted by molar-refractivity contribution is 7.92. The zero-order chi connectivity index (χ0) is 24.5. The number of para-hydroxylation sites is 1. The van der Waals surface area contributed by atoms with Crippen LogP contribution in [0, 0.1) is 0 Å². The molecule has 1 heterocycles. The zero-order valence-corrected chi connectivity index (χ0v) is 18.4. The lowest BCUT2D eigenvalue weighted by Crippen LogP contribution is -2.38. The van der Waals surface area contributed by atoms with Gasteiger partial charge >= 0.3 is 6.18 Å². The molecule has 0 radical (unpaired) electrons. The summed E-state index contributed by atoms with van der Waals surface area (Å²) in [5, 5.41) is 1.21. The monoisotopic (exact) mass is 488 g/mol. The molecular formula is C24H19F3N2O4S. The van der Waals surface area contributed by atoms with Gasteiger partial charge in [0.2, 0.25) is 11.8 Å². The van der Waals surface area contributed by atoms with E-state index in [0.29, 0.717) is 5.56 Å². The van der Waals surface area contributed by atoms with Gasteiger partial charge in [0.1, 0.15) is 6.54 Å². The molecule has 0 saturated heterocycles. The Balaban J connectivity index is 1.65. The molecule has 1 aliphatic rings. The minimum Gasteiger partial charge on any atom is -0.325 e. The average Bonchev–Trinajstić information content (AvgIpc) is 2.88. The number of anilines is 2. The Bertz CT molecular complexity index is 1340. The van der Waals surface area contributed by atoms with Crippen LogP contribution in [0.25, 0.3) is 0 Å². The van der Waals surface area contributed by atoms with Crippen LogP contribution < -0.4 is 10.2 Å². The number of sulfone groups is 1. The van der Waals surface area contributed by atoms with Gasteiger partial charge in [0.05, 0.1) is 21.4 Å². The normalized spacial score (nSPS) is 17.6. The predicted molar refractivity (Wildman–Crippen MR) is 120 cm³/mol. The van der Waals surface area contributed by atoms with Crippen LogP contribution in [0.2, 0.25) is 0 Å². The van der Waals surface area contributed by atoms with Crippen LogP contribution in [-0.2, 0) is 25.6 Å². The number of rotatable bonds is 4. The molecule has 4 rings (SSSR count). The molecule has 176 valence electrons. The topological polar surface area (TPSA) is 83.6 Å². The van der Waals surface area contributed by atoms with Gasteiger partial charge in [0.15, 0.2) is 9.84 Å². The number of alkyl halides is 3. The first kappa shape index (κ1) is 23.5. The average molecular weight is 488 g/mol. The molecule has 10 heteroatoms. The summed E-state index contributed by atoms with van der Waals surface area (Å²) >= 11 is 0. The highest BCUT2D eigenvalue weighted by atomic mass is 32.2. The van der Waals surface area contributed by atoms with E-state index in [0.717, 1.165) is 23.1 Å². The highest BCUT2D eigenvalue weighted by Gasteiger charge is 2.39. The molecule has 3 aromatic rings. The number of nitrogens with one attached hydrogen (secondary N) is 1. The van der Waals surface area contributed by atoms with Crippen LogP contribution in [0.4, 0.5) is 24.5 Å². The third-order valence-electron chi connectivity index (χ3n) is 5.44. The fourth-order valence-corrected chi connectivity index (χ4v) is 5.76. The van der Waals surface area contributed by atoms with Gasteiger partial charge in [-0.25, -0.2) is 8.42 Å². The Morgan fingerprint density at radius 3 is 2.35 bits per heavy atom. The number of benzene rings is 3. The molecule has 0 bridgehead atoms. The van der Waals surface area contributed by atoms with Gasteiger partial charge in [-0.2, -0.15) is 13.2 Å². The quantitative estimate of drug-likeness (QED) is 0.582. The van der Waals surface area contributed by atoms with Crippen molar-refractivity contribution in [2.45, 2.75) is 22.7 Å². The third kappa shape index (κ3) is 4.67. The molecule has 0 spiro atoms. The number of fused-ring (bicyclic) bond motifs is 1. The standard InChI is InChI=1S/C24H19F3N2O4S/c25-24(26,27)17-9-6-10-18(13-17)28-22(30)15-29-19-11-4-5-12-20(19)34(32,33)21(14-23(29)31)16-7-2-1-3-8-16/h1-13,21H,14-15H2,(H,28,30). The van der Waals surface area contributed by atoms with Crippen molar-refractivity contribution in [2.75, 3.05) is 16.8 Å². The van der Waals surface area contributed by atoms with Crippen LogP contribution in [0.5, 0.6) is 0 Å². The fourth-order valence-electron chi connectivity index (χ4n) is 3.84. The number of halogens is 3. The van der Waals surface area contributed by atoms with E-state index in [1.807, 2.05) is 0 Å². The molecular weight excluding hydrogens is 469 g/mol. The largest absolute Gasteiger partial charge is 0.416 e. The lowest BCUT2D eigenvalue weighted by atomic mass is 10.1. The first-order chi connectivity index (χ1) is 16.1. The van der Waals surface area contributed by atoms with E-state index in [4.69, 9.17) is 0 Å². The number of nitrogens with zero attached hydrogens (tertiary/aromatic N) is 1. The third-order valence-corrected chi connectivity index (χ3v) is 7.59. The number of amides is 2. The van der Waals surface area contributed by atoms with Gasteiger partial charge in [-0.1, -0.05) is 48.5 Å². The number of hydrogen-bond acceptors (Lipinski definition) is 4. The SMILES string of the molecule is O=C(CN1C(=O)CC(c2ccccc2)S(=O)(=O)c2ccccc21)Nc1cccc(C(F)(F)F)c1. The predicted octanol–water partition coefficient (Wildman–Crippen LogP) is 4.60. The number of hydrogen-bond donors (Lipinski definition) is 1. The van der Waals surface area contributed by atoms with E-state index in [1.54, 1.807) is 36.4 Å². The molecule has 6 nitrogen and oxygen atoms in total. The van der Waals surface area contributed by atoms with Crippen LogP contribution in [-0.4, -0.2) is 26.8 Å². The van der Waals surface area contributed by atoms with Gasteiger partial charge in [-0.15, -0.1) is 0 Å². The van der Waals surface area contributed by atoms with Crippen molar-refractivity contribution in [2.24, 2.45) is 0 Å². The van der Waals surface area contributed by atoms with E-state index in [1.165, 1.54) is 24.3 Å². The molecule has 0 aromatic heterocycles. The summed E-state index contributed by atoms with van der Waals surface area (Å²) in [7, 11) is -3.97. The van der Waals surface area contributed by atoms with Crippen LogP contribution in [0.15, 0.2) is 83.8 Å². The highest BCUT2D eigenvalue weighted by Crippen LogP contribution is 2.40. The molecule has 34 heavy (non-hydrogen) atoms. The van der Waals surface area contributed by atoms with Gasteiger partial charge in [0.25, 0.3) is 0 Å². The molecule has 1 unspecified atom stereocenters. The second kappa shape index (κ2) is 8.94. The van der Waals surface area contributed by atoms with Crippen LogP contribution >= 0.6 is 0 Å². The number of carbonyl (C=O) groups excluding carboxylic acids is 2. The second-order valence-corrected chi connectivity index (χ2v) is 9.82. The van der Waals surface area contributed by atoms with Gasteiger partial charge < -0.3 is 10.2 Å². The summed E-state index contributed by atoms with van der Waals surface area (Å²) in [6.07, 6.45) is -4.97. The van der Waals surface area contributed by atoms with Crippen molar-refractivity contribution in [1.29, 1.82) is 0 Å². The summed E-state index contributed by atoms with van der Waals surface area (Å²) < 4.78 is 65.8. The first-order valence-corrected chi connectivity index (χ1v) is 11.8. The van der Waals surface area contributed by atoms with Crippen molar-refractivity contribution in [3.8, 4) is 0 Å². The van der Waals surface area contributed by atoms with Crippen LogP contribution in [0.1, 0.15) is 22.8 Å². The first-order valence-electron chi connectivity index (χ1n) is 10.2. The number of carbonyl (C=O) groups is 2. The second-order valence-electron chi connectivity index (χ2n) is 7.72. The fraction of sp³-hybridized carbons (Fsp3) is 0.167. The molecule has 1 atom stereocenters. The van der Waals surface area contributed by atoms with E-state index >= 15 is 0 Å². The lowest BCUT2D eigenvalue weighted by Gasteiger charge is -2.22. The Morgan fingerprint density at radius 2 is 1.65 bits per heavy atom. The lowest BCUT2D eigenvalue weighted by molar-refractivity contribution is -0.137. The molecule has 1 N–H and O–H groups in total. The summed E-state index contributed by atoms with van der Waals surface area (Å²) in [6, 6.07) is 18.3. The molecule has 0 fully saturated rings. The maximum Gasteiger partial charge on any atom is 0.416 e. The van der Waals surface area contributed by atoms with Crippen molar-refractivity contribution < 1.29 is 31.2 Å².